The first-order valence-electron chi connectivity index (χ1n) is 6.59. The van der Waals surface area contributed by atoms with E-state index in [0.717, 1.165) is 24.9 Å². The van der Waals surface area contributed by atoms with E-state index in [-0.39, 0.29) is 17.9 Å². The molecule has 2 rings (SSSR count). The fourth-order valence-electron chi connectivity index (χ4n) is 2.64. The molecule has 1 aromatic carbocycles. The van der Waals surface area contributed by atoms with Gasteiger partial charge in [-0.1, -0.05) is 17.7 Å². The number of piperidine rings is 1. The van der Waals surface area contributed by atoms with Crippen LogP contribution in [0.1, 0.15) is 18.4 Å². The smallest absolute Gasteiger partial charge is 0.121 e. The van der Waals surface area contributed by atoms with Gasteiger partial charge in [0, 0.05) is 43.4 Å². The summed E-state index contributed by atoms with van der Waals surface area (Å²) in [6, 6.07) is 5.49. The van der Waals surface area contributed by atoms with Gasteiger partial charge in [0.15, 0.2) is 0 Å². The molecular weight excluding hydrogens is 264 g/mol. The summed E-state index contributed by atoms with van der Waals surface area (Å²) in [5, 5.41) is 10.5. The molecule has 1 fully saturated rings. The van der Waals surface area contributed by atoms with Gasteiger partial charge in [-0.25, -0.2) is 0 Å². The summed E-state index contributed by atoms with van der Waals surface area (Å²) in [5.74, 6) is 0.247. The molecule has 2 unspecified atom stereocenters. The number of phenolic OH excluding ortho intramolecular Hbond substituents is 1. The van der Waals surface area contributed by atoms with Crippen LogP contribution in [0.15, 0.2) is 18.2 Å². The largest absolute Gasteiger partial charge is 0.508 e. The van der Waals surface area contributed by atoms with Gasteiger partial charge in [0.2, 0.25) is 0 Å². The standard InChI is InChI=1S/C14H21ClN2O2/c1-19-11-5-6-17(10(7-11)8-16)9-12-13(15)3-2-4-14(12)18/h2-4,10-11,18H,5-9,16H2,1H3. The Balaban J connectivity index is 2.10. The maximum Gasteiger partial charge on any atom is 0.121 e. The molecule has 0 saturated carbocycles. The third-order valence-electron chi connectivity index (χ3n) is 3.85. The third-order valence-corrected chi connectivity index (χ3v) is 4.20. The molecule has 1 aliphatic heterocycles. The molecule has 0 radical (unpaired) electrons. The molecule has 19 heavy (non-hydrogen) atoms. The predicted octanol–water partition coefficient (Wildman–Crippen LogP) is 1.98. The molecule has 0 bridgehead atoms. The second kappa shape index (κ2) is 6.57. The number of benzene rings is 1. The molecule has 0 spiro atoms. The minimum Gasteiger partial charge on any atom is -0.508 e. The summed E-state index contributed by atoms with van der Waals surface area (Å²) in [6.07, 6.45) is 2.20. The lowest BCUT2D eigenvalue weighted by Crippen LogP contribution is -2.48. The zero-order valence-electron chi connectivity index (χ0n) is 11.2. The maximum absolute atomic E-state index is 9.91. The Morgan fingerprint density at radius 1 is 1.53 bits per heavy atom. The van der Waals surface area contributed by atoms with Crippen molar-refractivity contribution in [2.75, 3.05) is 20.2 Å². The monoisotopic (exact) mass is 284 g/mol. The second-order valence-corrected chi connectivity index (χ2v) is 5.39. The highest BCUT2D eigenvalue weighted by Crippen LogP contribution is 2.29. The van der Waals surface area contributed by atoms with Gasteiger partial charge in [-0.05, 0) is 25.0 Å². The Labute approximate surface area is 119 Å². The van der Waals surface area contributed by atoms with E-state index < -0.39 is 0 Å². The fraction of sp³-hybridized carbons (Fsp3) is 0.571. The topological polar surface area (TPSA) is 58.7 Å². The SMILES string of the molecule is COC1CCN(Cc2c(O)cccc2Cl)C(CN)C1. The third kappa shape index (κ3) is 3.39. The van der Waals surface area contributed by atoms with E-state index in [0.29, 0.717) is 18.1 Å². The first kappa shape index (κ1) is 14.6. The summed E-state index contributed by atoms with van der Waals surface area (Å²) < 4.78 is 5.41. The van der Waals surface area contributed by atoms with Gasteiger partial charge in [0.25, 0.3) is 0 Å². The molecule has 1 saturated heterocycles. The van der Waals surface area contributed by atoms with Crippen LogP contribution in [-0.2, 0) is 11.3 Å². The van der Waals surface area contributed by atoms with Crippen molar-refractivity contribution in [3.63, 3.8) is 0 Å². The van der Waals surface area contributed by atoms with Crippen LogP contribution in [0.5, 0.6) is 5.75 Å². The molecule has 106 valence electrons. The van der Waals surface area contributed by atoms with Crippen LogP contribution in [0.4, 0.5) is 0 Å². The highest BCUT2D eigenvalue weighted by atomic mass is 35.5. The van der Waals surface area contributed by atoms with Crippen molar-refractivity contribution < 1.29 is 9.84 Å². The lowest BCUT2D eigenvalue weighted by molar-refractivity contribution is 0.0100. The Morgan fingerprint density at radius 3 is 2.95 bits per heavy atom. The van der Waals surface area contributed by atoms with Gasteiger partial charge in [0.05, 0.1) is 6.10 Å². The number of halogens is 1. The summed E-state index contributed by atoms with van der Waals surface area (Å²) in [5.41, 5.74) is 6.62. The van der Waals surface area contributed by atoms with Crippen LogP contribution in [0.3, 0.4) is 0 Å². The molecule has 1 aliphatic rings. The number of hydrogen-bond acceptors (Lipinski definition) is 4. The number of nitrogens with zero attached hydrogens (tertiary/aromatic N) is 1. The van der Waals surface area contributed by atoms with Gasteiger partial charge in [0.1, 0.15) is 5.75 Å². The van der Waals surface area contributed by atoms with Crippen LogP contribution in [0.25, 0.3) is 0 Å². The van der Waals surface area contributed by atoms with Crippen LogP contribution >= 0.6 is 11.6 Å². The van der Waals surface area contributed by atoms with Crippen molar-refractivity contribution in [1.29, 1.82) is 0 Å². The van der Waals surface area contributed by atoms with E-state index in [1.165, 1.54) is 0 Å². The summed E-state index contributed by atoms with van der Waals surface area (Å²) in [4.78, 5) is 2.27. The van der Waals surface area contributed by atoms with Gasteiger partial charge in [-0.3, -0.25) is 4.90 Å². The molecule has 4 nitrogen and oxygen atoms in total. The first-order valence-corrected chi connectivity index (χ1v) is 6.96. The summed E-state index contributed by atoms with van der Waals surface area (Å²) in [6.45, 7) is 2.12. The van der Waals surface area contributed by atoms with Crippen LogP contribution in [-0.4, -0.2) is 42.4 Å². The molecule has 1 aromatic rings. The van der Waals surface area contributed by atoms with Crippen molar-refractivity contribution in [2.45, 2.75) is 31.5 Å². The van der Waals surface area contributed by atoms with Gasteiger partial charge in [-0.15, -0.1) is 0 Å². The van der Waals surface area contributed by atoms with E-state index in [1.807, 2.05) is 0 Å². The lowest BCUT2D eigenvalue weighted by Gasteiger charge is -2.38. The number of ether oxygens (including phenoxy) is 1. The Bertz CT molecular complexity index is 408. The minimum absolute atomic E-state index is 0.247. The zero-order valence-corrected chi connectivity index (χ0v) is 11.9. The zero-order chi connectivity index (χ0) is 13.8. The van der Waals surface area contributed by atoms with E-state index in [4.69, 9.17) is 22.1 Å². The van der Waals surface area contributed by atoms with E-state index in [9.17, 15) is 5.11 Å². The maximum atomic E-state index is 9.91. The Morgan fingerprint density at radius 2 is 2.32 bits per heavy atom. The lowest BCUT2D eigenvalue weighted by atomic mass is 9.98. The van der Waals surface area contributed by atoms with Crippen molar-refractivity contribution in [1.82, 2.24) is 4.90 Å². The average molecular weight is 285 g/mol. The van der Waals surface area contributed by atoms with E-state index >= 15 is 0 Å². The summed E-state index contributed by atoms with van der Waals surface area (Å²) in [7, 11) is 1.74. The van der Waals surface area contributed by atoms with Gasteiger partial charge in [-0.2, -0.15) is 0 Å². The van der Waals surface area contributed by atoms with Crippen LogP contribution in [0, 0.1) is 0 Å². The second-order valence-electron chi connectivity index (χ2n) is 4.98. The molecule has 0 aromatic heterocycles. The normalized spacial score (nSPS) is 24.6. The van der Waals surface area contributed by atoms with Crippen molar-refractivity contribution >= 4 is 11.6 Å². The van der Waals surface area contributed by atoms with E-state index in [1.54, 1.807) is 25.3 Å². The number of rotatable bonds is 4. The number of phenols is 1. The fourth-order valence-corrected chi connectivity index (χ4v) is 2.87. The number of methoxy groups -OCH3 is 1. The molecule has 2 atom stereocenters. The van der Waals surface area contributed by atoms with Crippen molar-refractivity contribution in [3.8, 4) is 5.75 Å². The molecule has 0 aliphatic carbocycles. The minimum atomic E-state index is 0.247. The number of aromatic hydroxyl groups is 1. The molecule has 0 amide bonds. The van der Waals surface area contributed by atoms with Gasteiger partial charge >= 0.3 is 0 Å². The van der Waals surface area contributed by atoms with E-state index in [2.05, 4.69) is 4.90 Å². The summed E-state index contributed by atoms with van der Waals surface area (Å²) >= 11 is 6.15. The van der Waals surface area contributed by atoms with Crippen molar-refractivity contribution in [3.05, 3.63) is 28.8 Å². The van der Waals surface area contributed by atoms with Crippen LogP contribution in [0.2, 0.25) is 5.02 Å². The molecular formula is C14H21ClN2O2. The highest BCUT2D eigenvalue weighted by molar-refractivity contribution is 6.31. The predicted molar refractivity (Wildman–Crippen MR) is 76.4 cm³/mol. The Hall–Kier alpha value is -0.810. The van der Waals surface area contributed by atoms with Crippen LogP contribution < -0.4 is 5.73 Å². The molecule has 5 heteroatoms. The van der Waals surface area contributed by atoms with Crippen molar-refractivity contribution in [2.24, 2.45) is 5.73 Å². The molecule has 3 N–H and O–H groups in total. The molecule has 1 heterocycles. The highest BCUT2D eigenvalue weighted by Gasteiger charge is 2.28. The number of likely N-dealkylation sites (tertiary alicyclic amines) is 1. The quantitative estimate of drug-likeness (QED) is 0.888. The number of hydrogen-bond donors (Lipinski definition) is 2. The average Bonchev–Trinajstić information content (AvgIpc) is 2.43. The Kier molecular flexibility index (Phi) is 5.05. The van der Waals surface area contributed by atoms with Gasteiger partial charge < -0.3 is 15.6 Å². The number of nitrogens with two attached hydrogens (primary N) is 1. The first-order chi connectivity index (χ1) is 9.15.